The van der Waals surface area contributed by atoms with Gasteiger partial charge in [-0.15, -0.1) is 0 Å². The van der Waals surface area contributed by atoms with Crippen LogP contribution in [0, 0.1) is 17.5 Å². The summed E-state index contributed by atoms with van der Waals surface area (Å²) in [6.07, 6.45) is 1.15. The Balaban J connectivity index is 2.53. The van der Waals surface area contributed by atoms with Crippen molar-refractivity contribution in [2.45, 2.75) is 12.1 Å². The Morgan fingerprint density at radius 1 is 1.30 bits per heavy atom. The van der Waals surface area contributed by atoms with Crippen molar-refractivity contribution in [3.05, 3.63) is 40.8 Å². The number of thioether (sulfide) groups is 1. The van der Waals surface area contributed by atoms with Crippen molar-refractivity contribution in [1.82, 2.24) is 9.97 Å². The van der Waals surface area contributed by atoms with Gasteiger partial charge in [0.2, 0.25) is 11.6 Å². The Morgan fingerprint density at radius 2 is 2.00 bits per heavy atom. The van der Waals surface area contributed by atoms with Crippen molar-refractivity contribution in [3.63, 3.8) is 0 Å². The second-order valence-corrected chi connectivity index (χ2v) is 5.51. The maximum absolute atomic E-state index is 13.7. The third-order valence-electron chi connectivity index (χ3n) is 2.88. The van der Waals surface area contributed by atoms with E-state index >= 15 is 0 Å². The van der Waals surface area contributed by atoms with Gasteiger partial charge in [0.25, 0.3) is 0 Å². The molecular formula is C14H12F3N3O2S. The molecule has 0 atom stereocenters. The summed E-state index contributed by atoms with van der Waals surface area (Å²) in [6, 6.07) is 0.549. The van der Waals surface area contributed by atoms with E-state index in [1.165, 1.54) is 11.8 Å². The minimum atomic E-state index is -1.72. The van der Waals surface area contributed by atoms with Crippen LogP contribution in [0.15, 0.2) is 17.4 Å². The number of halogens is 3. The van der Waals surface area contributed by atoms with Gasteiger partial charge in [-0.1, -0.05) is 18.7 Å². The number of nitrogens with zero attached hydrogens (tertiary/aromatic N) is 2. The van der Waals surface area contributed by atoms with E-state index in [2.05, 4.69) is 14.7 Å². The van der Waals surface area contributed by atoms with Crippen molar-refractivity contribution in [3.8, 4) is 5.75 Å². The highest BCUT2D eigenvalue weighted by molar-refractivity contribution is 7.99. The minimum absolute atomic E-state index is 0.145. The molecule has 5 nitrogen and oxygen atoms in total. The van der Waals surface area contributed by atoms with Gasteiger partial charge < -0.3 is 10.5 Å². The molecule has 23 heavy (non-hydrogen) atoms. The van der Waals surface area contributed by atoms with E-state index in [1.807, 2.05) is 6.92 Å². The summed E-state index contributed by atoms with van der Waals surface area (Å²) in [6.45, 7) is 1.89. The molecule has 1 heterocycles. The molecule has 0 amide bonds. The molecule has 0 fully saturated rings. The molecule has 0 aliphatic heterocycles. The van der Waals surface area contributed by atoms with Crippen molar-refractivity contribution in [1.29, 1.82) is 0 Å². The minimum Gasteiger partial charge on any atom is -0.493 e. The third-order valence-corrected chi connectivity index (χ3v) is 3.62. The van der Waals surface area contributed by atoms with E-state index in [9.17, 15) is 18.0 Å². The number of benzene rings is 1. The van der Waals surface area contributed by atoms with E-state index in [1.54, 1.807) is 0 Å². The predicted octanol–water partition coefficient (Wildman–Crippen LogP) is 2.83. The van der Waals surface area contributed by atoms with Crippen LogP contribution in [0.1, 0.15) is 22.8 Å². The molecule has 0 aliphatic carbocycles. The van der Waals surface area contributed by atoms with Crippen molar-refractivity contribution < 1.29 is 22.7 Å². The van der Waals surface area contributed by atoms with Gasteiger partial charge in [-0.3, -0.25) is 4.79 Å². The Hall–Kier alpha value is -2.29. The molecular weight excluding hydrogens is 331 g/mol. The average molecular weight is 343 g/mol. The first kappa shape index (κ1) is 17.1. The fraction of sp³-hybridized carbons (Fsp3) is 0.214. The van der Waals surface area contributed by atoms with E-state index in [0.717, 1.165) is 13.3 Å². The zero-order chi connectivity index (χ0) is 17.1. The van der Waals surface area contributed by atoms with Crippen molar-refractivity contribution >= 4 is 23.4 Å². The van der Waals surface area contributed by atoms with Gasteiger partial charge in [-0.05, 0) is 11.8 Å². The van der Waals surface area contributed by atoms with Crippen LogP contribution in [0.3, 0.4) is 0 Å². The molecule has 0 bridgehead atoms. The zero-order valence-corrected chi connectivity index (χ0v) is 13.0. The summed E-state index contributed by atoms with van der Waals surface area (Å²) < 4.78 is 45.0. The Morgan fingerprint density at radius 3 is 2.57 bits per heavy atom. The highest BCUT2D eigenvalue weighted by atomic mass is 32.2. The average Bonchev–Trinajstić information content (AvgIpc) is 2.52. The highest BCUT2D eigenvalue weighted by Crippen LogP contribution is 2.30. The van der Waals surface area contributed by atoms with Gasteiger partial charge in [0, 0.05) is 6.20 Å². The molecule has 0 spiro atoms. The Labute approximate surface area is 134 Å². The van der Waals surface area contributed by atoms with Crippen molar-refractivity contribution in [2.24, 2.45) is 0 Å². The lowest BCUT2D eigenvalue weighted by Crippen LogP contribution is -2.12. The molecule has 0 saturated carbocycles. The quantitative estimate of drug-likeness (QED) is 0.389. The van der Waals surface area contributed by atoms with E-state index in [4.69, 9.17) is 5.73 Å². The summed E-state index contributed by atoms with van der Waals surface area (Å²) in [4.78, 5) is 20.3. The smallest absolute Gasteiger partial charge is 0.204 e. The molecule has 1 aromatic carbocycles. The number of methoxy groups -OCH3 is 1. The summed E-state index contributed by atoms with van der Waals surface area (Å²) in [7, 11) is 1.04. The highest BCUT2D eigenvalue weighted by Gasteiger charge is 2.26. The topological polar surface area (TPSA) is 78.1 Å². The molecule has 0 unspecified atom stereocenters. The summed E-state index contributed by atoms with van der Waals surface area (Å²) in [5.41, 5.74) is 5.04. The monoisotopic (exact) mass is 343 g/mol. The standard InChI is InChI=1S/C14H12F3N3O2S/c1-3-23-14-19-5-7(13(18)20-14)11(21)6-4-8(15)9(16)10(17)12(6)22-2/h4-5H,3H2,1-2H3,(H2,18,19,20). The SMILES string of the molecule is CCSc1ncc(C(=O)c2cc(F)c(F)c(F)c2OC)c(N)n1. The lowest BCUT2D eigenvalue weighted by Gasteiger charge is -2.11. The third kappa shape index (κ3) is 3.24. The van der Waals surface area contributed by atoms with E-state index < -0.39 is 34.5 Å². The number of carbonyl (C=O) groups is 1. The first-order valence-corrected chi connectivity index (χ1v) is 7.40. The van der Waals surface area contributed by atoms with Crippen LogP contribution in [0.4, 0.5) is 19.0 Å². The molecule has 2 aromatic rings. The molecule has 0 aliphatic rings. The fourth-order valence-electron chi connectivity index (χ4n) is 1.84. The van der Waals surface area contributed by atoms with Gasteiger partial charge in [0.05, 0.1) is 18.2 Å². The number of carbonyl (C=O) groups excluding carboxylic acids is 1. The zero-order valence-electron chi connectivity index (χ0n) is 12.2. The number of anilines is 1. The number of nitrogen functional groups attached to an aromatic ring is 1. The lowest BCUT2D eigenvalue weighted by atomic mass is 10.0. The van der Waals surface area contributed by atoms with Crippen molar-refractivity contribution in [2.75, 3.05) is 18.6 Å². The second kappa shape index (κ2) is 6.86. The summed E-state index contributed by atoms with van der Waals surface area (Å²) in [5, 5.41) is 0.366. The number of hydrogen-bond acceptors (Lipinski definition) is 6. The van der Waals surface area contributed by atoms with Crippen LogP contribution in [0.5, 0.6) is 5.75 Å². The first-order chi connectivity index (χ1) is 10.9. The number of ketones is 1. The van der Waals surface area contributed by atoms with Gasteiger partial charge in [0.15, 0.2) is 22.5 Å². The molecule has 9 heteroatoms. The number of rotatable bonds is 5. The largest absolute Gasteiger partial charge is 0.493 e. The molecule has 0 radical (unpaired) electrons. The van der Waals surface area contributed by atoms with E-state index in [0.29, 0.717) is 17.0 Å². The second-order valence-electron chi connectivity index (χ2n) is 4.28. The Kier molecular flexibility index (Phi) is 5.09. The number of nitrogens with two attached hydrogens (primary N) is 1. The van der Waals surface area contributed by atoms with Crippen LogP contribution in [0.2, 0.25) is 0 Å². The number of ether oxygens (including phenoxy) is 1. The number of hydrogen-bond donors (Lipinski definition) is 1. The molecule has 2 N–H and O–H groups in total. The fourth-order valence-corrected chi connectivity index (χ4v) is 2.39. The van der Waals surface area contributed by atoms with Gasteiger partial charge >= 0.3 is 0 Å². The van der Waals surface area contributed by atoms with Crippen LogP contribution in [-0.4, -0.2) is 28.6 Å². The summed E-state index contributed by atoms with van der Waals surface area (Å²) >= 11 is 1.31. The molecule has 2 rings (SSSR count). The normalized spacial score (nSPS) is 10.7. The van der Waals surface area contributed by atoms with Gasteiger partial charge in [0.1, 0.15) is 5.82 Å². The van der Waals surface area contributed by atoms with Gasteiger partial charge in [-0.2, -0.15) is 4.39 Å². The lowest BCUT2D eigenvalue weighted by molar-refractivity contribution is 0.103. The van der Waals surface area contributed by atoms with Gasteiger partial charge in [-0.25, -0.2) is 18.7 Å². The molecule has 122 valence electrons. The molecule has 0 saturated heterocycles. The van der Waals surface area contributed by atoms with Crippen LogP contribution < -0.4 is 10.5 Å². The van der Waals surface area contributed by atoms with Crippen LogP contribution in [0.25, 0.3) is 0 Å². The Bertz CT molecular complexity index is 771. The maximum Gasteiger partial charge on any atom is 0.204 e. The van der Waals surface area contributed by atoms with Crippen LogP contribution in [-0.2, 0) is 0 Å². The maximum atomic E-state index is 13.7. The summed E-state index contributed by atoms with van der Waals surface area (Å²) in [5.74, 6) is -5.84. The van der Waals surface area contributed by atoms with Crippen LogP contribution >= 0.6 is 11.8 Å². The first-order valence-electron chi connectivity index (χ1n) is 6.42. The number of aromatic nitrogens is 2. The predicted molar refractivity (Wildman–Crippen MR) is 79.1 cm³/mol. The van der Waals surface area contributed by atoms with E-state index in [-0.39, 0.29) is 11.4 Å². The molecule has 1 aromatic heterocycles.